The zero-order valence-electron chi connectivity index (χ0n) is 25.4. The Morgan fingerprint density at radius 2 is 2.02 bits per heavy atom. The van der Waals surface area contributed by atoms with Crippen molar-refractivity contribution in [2.45, 2.75) is 108 Å². The van der Waals surface area contributed by atoms with Gasteiger partial charge >= 0.3 is 0 Å². The lowest BCUT2D eigenvalue weighted by Crippen LogP contribution is -2.41. The lowest BCUT2D eigenvalue weighted by Gasteiger charge is -2.36. The quantitative estimate of drug-likeness (QED) is 0.354. The van der Waals surface area contributed by atoms with Crippen molar-refractivity contribution in [1.29, 1.82) is 0 Å². The predicted octanol–water partition coefficient (Wildman–Crippen LogP) is 4.43. The number of likely N-dealkylation sites (tertiary alicyclic amines) is 1. The summed E-state index contributed by atoms with van der Waals surface area (Å²) in [4.78, 5) is 28.3. The highest BCUT2D eigenvalue weighted by molar-refractivity contribution is 14.1. The van der Waals surface area contributed by atoms with Crippen LogP contribution in [0.2, 0.25) is 0 Å². The molecular formula is C31H42IN7O4. The smallest absolute Gasteiger partial charge is 0.186 e. The van der Waals surface area contributed by atoms with Crippen LogP contribution in [0.1, 0.15) is 89.0 Å². The average Bonchev–Trinajstić information content (AvgIpc) is 3.80. The van der Waals surface area contributed by atoms with Crippen LogP contribution in [-0.4, -0.2) is 92.2 Å². The molecule has 2 aliphatic carbocycles. The third-order valence-corrected chi connectivity index (χ3v) is 11.3. The van der Waals surface area contributed by atoms with E-state index in [0.717, 1.165) is 89.8 Å². The lowest BCUT2D eigenvalue weighted by molar-refractivity contribution is -0.128. The van der Waals surface area contributed by atoms with E-state index in [0.29, 0.717) is 37.1 Å². The lowest BCUT2D eigenvalue weighted by atomic mass is 9.64. The van der Waals surface area contributed by atoms with Crippen LogP contribution in [0.5, 0.6) is 0 Å². The van der Waals surface area contributed by atoms with Crippen molar-refractivity contribution < 1.29 is 19.2 Å². The molecule has 5 atom stereocenters. The Morgan fingerprint density at radius 1 is 1.19 bits per heavy atom. The summed E-state index contributed by atoms with van der Waals surface area (Å²) in [6.45, 7) is 6.37. The summed E-state index contributed by atoms with van der Waals surface area (Å²) in [5.41, 5.74) is 1.80. The van der Waals surface area contributed by atoms with E-state index < -0.39 is 5.41 Å². The molecule has 2 aliphatic heterocycles. The molecule has 0 amide bonds. The summed E-state index contributed by atoms with van der Waals surface area (Å²) >= 11 is 2.30. The van der Waals surface area contributed by atoms with Crippen LogP contribution in [0.15, 0.2) is 4.52 Å². The molecule has 0 aromatic carbocycles. The standard InChI is InChI=1S/C31H42IN7O4/c1-18-16-20(17-42-18)38(14-15-40)29-24-27(32)35-39(19(2)22-9-7-13-37(22)3)30(24)34-28(33-29)25-21-8-6-12-31(26(21)43-36-25)11-5-4-10-23(31)41/h18-20,22,40H,4-17H2,1-3H3/t18-,19-,20+,22-,31+/m0/s1. The van der Waals surface area contributed by atoms with Crippen molar-refractivity contribution in [3.8, 4) is 11.5 Å². The van der Waals surface area contributed by atoms with Crippen molar-refractivity contribution in [2.24, 2.45) is 0 Å². The summed E-state index contributed by atoms with van der Waals surface area (Å²) < 4.78 is 15.0. The van der Waals surface area contributed by atoms with Gasteiger partial charge in [-0.25, -0.2) is 14.6 Å². The zero-order valence-corrected chi connectivity index (χ0v) is 27.5. The maximum Gasteiger partial charge on any atom is 0.186 e. The first-order chi connectivity index (χ1) is 20.8. The number of halogens is 1. The Labute approximate surface area is 265 Å². The normalized spacial score (nSPS) is 28.7. The van der Waals surface area contributed by atoms with Gasteiger partial charge < -0.3 is 24.2 Å². The molecule has 2 saturated heterocycles. The molecule has 3 aromatic rings. The largest absolute Gasteiger partial charge is 0.395 e. The van der Waals surface area contributed by atoms with E-state index in [1.165, 1.54) is 6.42 Å². The minimum Gasteiger partial charge on any atom is -0.395 e. The molecule has 3 aromatic heterocycles. The minimum atomic E-state index is -0.566. The van der Waals surface area contributed by atoms with E-state index in [1.807, 2.05) is 0 Å². The summed E-state index contributed by atoms with van der Waals surface area (Å²) in [5, 5.41) is 20.8. The van der Waals surface area contributed by atoms with Crippen LogP contribution >= 0.6 is 22.6 Å². The second-order valence-corrected chi connectivity index (χ2v) is 14.1. The van der Waals surface area contributed by atoms with Gasteiger partial charge in [-0.05, 0) is 101 Å². The van der Waals surface area contributed by atoms with Crippen LogP contribution in [0, 0.1) is 3.70 Å². The molecule has 3 fully saturated rings. The second-order valence-electron chi connectivity index (χ2n) is 13.1. The SMILES string of the molecule is C[C@H]1C[C@@H](N(CCO)c2nc(-c3noc4c3CCC[C@@]43CCCCC3=O)nc3c2c(I)nn3[C@@H](C)[C@@H]2CCCN2C)CO1. The highest BCUT2D eigenvalue weighted by atomic mass is 127. The van der Waals surface area contributed by atoms with E-state index in [2.05, 4.69) is 63.1 Å². The number of hydrogen-bond acceptors (Lipinski definition) is 10. The van der Waals surface area contributed by atoms with Crippen LogP contribution < -0.4 is 4.90 Å². The van der Waals surface area contributed by atoms with Crippen LogP contribution in [0.25, 0.3) is 22.6 Å². The number of aromatic nitrogens is 5. The minimum absolute atomic E-state index is 0.0102. The molecule has 1 spiro atoms. The fourth-order valence-electron chi connectivity index (χ4n) is 8.24. The maximum absolute atomic E-state index is 13.3. The highest BCUT2D eigenvalue weighted by Crippen LogP contribution is 2.48. The number of anilines is 1. The molecule has 7 rings (SSSR count). The number of ether oxygens (including phenoxy) is 1. The molecule has 232 valence electrons. The number of aliphatic hydroxyl groups is 1. The monoisotopic (exact) mass is 703 g/mol. The van der Waals surface area contributed by atoms with E-state index in [9.17, 15) is 9.90 Å². The Hall–Kier alpha value is -2.16. The number of ketones is 1. The summed E-state index contributed by atoms with van der Waals surface area (Å²) in [7, 11) is 2.19. The van der Waals surface area contributed by atoms with Gasteiger partial charge in [0, 0.05) is 24.6 Å². The molecule has 12 heteroatoms. The highest BCUT2D eigenvalue weighted by Gasteiger charge is 2.48. The van der Waals surface area contributed by atoms with Gasteiger partial charge in [-0.15, -0.1) is 0 Å². The van der Waals surface area contributed by atoms with Gasteiger partial charge in [0.25, 0.3) is 0 Å². The number of nitrogens with zero attached hydrogens (tertiary/aromatic N) is 7. The number of carbonyl (C=O) groups excluding carboxylic acids is 1. The van der Waals surface area contributed by atoms with E-state index in [1.54, 1.807) is 0 Å². The summed E-state index contributed by atoms with van der Waals surface area (Å²) in [5.74, 6) is 2.26. The fourth-order valence-corrected chi connectivity index (χ4v) is 8.95. The first-order valence-electron chi connectivity index (χ1n) is 16.0. The molecule has 5 heterocycles. The van der Waals surface area contributed by atoms with E-state index in [4.69, 9.17) is 24.3 Å². The first kappa shape index (κ1) is 29.5. The third-order valence-electron chi connectivity index (χ3n) is 10.5. The fraction of sp³-hybridized carbons (Fsp3) is 0.710. The number of aliphatic hydroxyl groups excluding tert-OH is 1. The number of hydrogen-bond donors (Lipinski definition) is 1. The topological polar surface area (TPSA) is 123 Å². The van der Waals surface area contributed by atoms with Crippen molar-refractivity contribution in [3.63, 3.8) is 0 Å². The Kier molecular flexibility index (Phi) is 8.00. The molecule has 0 unspecified atom stereocenters. The average molecular weight is 704 g/mol. The van der Waals surface area contributed by atoms with Crippen molar-refractivity contribution in [2.75, 3.05) is 38.3 Å². The van der Waals surface area contributed by atoms with Gasteiger partial charge in [0.1, 0.15) is 15.3 Å². The Bertz CT molecular complexity index is 1520. The molecule has 0 radical (unpaired) electrons. The van der Waals surface area contributed by atoms with Crippen molar-refractivity contribution in [1.82, 2.24) is 29.8 Å². The molecule has 1 saturated carbocycles. The number of likely N-dealkylation sites (N-methyl/N-ethyl adjacent to an activating group) is 1. The van der Waals surface area contributed by atoms with Gasteiger partial charge in [0.2, 0.25) is 0 Å². The number of Topliss-reactive ketones (excluding diaryl/α,β-unsaturated/α-hetero) is 1. The summed E-state index contributed by atoms with van der Waals surface area (Å²) in [6.07, 6.45) is 9.17. The zero-order chi connectivity index (χ0) is 29.9. The van der Waals surface area contributed by atoms with Gasteiger partial charge in [-0.1, -0.05) is 11.6 Å². The van der Waals surface area contributed by atoms with Crippen molar-refractivity contribution in [3.05, 3.63) is 15.0 Å². The predicted molar refractivity (Wildman–Crippen MR) is 170 cm³/mol. The van der Waals surface area contributed by atoms with Gasteiger partial charge in [-0.2, -0.15) is 5.10 Å². The maximum atomic E-state index is 13.3. The first-order valence-corrected chi connectivity index (χ1v) is 17.1. The molecule has 43 heavy (non-hydrogen) atoms. The van der Waals surface area contributed by atoms with Gasteiger partial charge in [0.05, 0.1) is 42.2 Å². The molecule has 11 nitrogen and oxygen atoms in total. The summed E-state index contributed by atoms with van der Waals surface area (Å²) in [6, 6.07) is 0.528. The molecule has 0 bridgehead atoms. The Balaban J connectivity index is 1.41. The van der Waals surface area contributed by atoms with Gasteiger partial charge in [-0.3, -0.25) is 4.79 Å². The number of rotatable bonds is 7. The van der Waals surface area contributed by atoms with E-state index >= 15 is 0 Å². The van der Waals surface area contributed by atoms with E-state index in [-0.39, 0.29) is 30.6 Å². The van der Waals surface area contributed by atoms with Crippen LogP contribution in [-0.2, 0) is 21.4 Å². The third kappa shape index (κ3) is 4.91. The molecular weight excluding hydrogens is 661 g/mol. The number of fused-ring (bicyclic) bond motifs is 3. The Morgan fingerprint density at radius 3 is 2.74 bits per heavy atom. The van der Waals surface area contributed by atoms with Crippen molar-refractivity contribution >= 4 is 45.2 Å². The van der Waals surface area contributed by atoms with Gasteiger partial charge in [0.15, 0.2) is 22.9 Å². The van der Waals surface area contributed by atoms with Crippen LogP contribution in [0.4, 0.5) is 5.82 Å². The molecule has 4 aliphatic rings. The van der Waals surface area contributed by atoms with Crippen LogP contribution in [0.3, 0.4) is 0 Å². The molecule has 1 N–H and O–H groups in total. The number of carbonyl (C=O) groups is 1. The second kappa shape index (κ2) is 11.6.